The summed E-state index contributed by atoms with van der Waals surface area (Å²) in [5, 5.41) is 7.17. The van der Waals surface area contributed by atoms with Gasteiger partial charge in [-0.1, -0.05) is 51.0 Å². The number of likely N-dealkylation sites (tertiary alicyclic amines) is 1. The number of aromatic nitrogens is 2. The zero-order valence-corrected chi connectivity index (χ0v) is 27.1. The quantitative estimate of drug-likeness (QED) is 0.138. The highest BCUT2D eigenvalue weighted by Gasteiger charge is 2.23. The van der Waals surface area contributed by atoms with E-state index in [1.807, 2.05) is 48.3 Å². The number of methoxy groups -OCH3 is 1. The predicted octanol–water partition coefficient (Wildman–Crippen LogP) is 5.50. The van der Waals surface area contributed by atoms with Crippen LogP contribution in [0.1, 0.15) is 82.8 Å². The topological polar surface area (TPSA) is 140 Å². The van der Waals surface area contributed by atoms with Gasteiger partial charge in [0.15, 0.2) is 0 Å². The van der Waals surface area contributed by atoms with Crippen molar-refractivity contribution in [1.82, 2.24) is 20.2 Å². The second kappa shape index (κ2) is 20.5. The molecule has 0 radical (unpaired) electrons. The number of rotatable bonds is 12. The summed E-state index contributed by atoms with van der Waals surface area (Å²) >= 11 is 0. The van der Waals surface area contributed by atoms with E-state index in [0.29, 0.717) is 24.5 Å². The number of anilines is 2. The Bertz CT molecular complexity index is 1420. The van der Waals surface area contributed by atoms with Crippen molar-refractivity contribution in [3.63, 3.8) is 0 Å². The van der Waals surface area contributed by atoms with Gasteiger partial charge in [-0.3, -0.25) is 14.5 Å². The highest BCUT2D eigenvalue weighted by Crippen LogP contribution is 2.30. The molecular weight excluding hydrogens is 568 g/mol. The zero-order valence-electron chi connectivity index (χ0n) is 27.1. The highest BCUT2D eigenvalue weighted by molar-refractivity contribution is 5.92. The van der Waals surface area contributed by atoms with Gasteiger partial charge in [0.2, 0.25) is 11.8 Å². The summed E-state index contributed by atoms with van der Waals surface area (Å²) in [5.74, 6) is 3.85. The molecule has 3 aromatic rings. The number of carbonyl (C=O) groups excluding carboxylic acids is 3. The molecule has 1 unspecified atom stereocenters. The Kier molecular flexibility index (Phi) is 16.7. The maximum absolute atomic E-state index is 12.3. The molecule has 1 atom stereocenters. The van der Waals surface area contributed by atoms with Gasteiger partial charge in [0.1, 0.15) is 24.2 Å². The summed E-state index contributed by atoms with van der Waals surface area (Å²) in [6, 6.07) is 11.4. The van der Waals surface area contributed by atoms with Crippen LogP contribution in [0.15, 0.2) is 42.7 Å². The summed E-state index contributed by atoms with van der Waals surface area (Å²) in [6.07, 6.45) is 17.2. The van der Waals surface area contributed by atoms with E-state index >= 15 is 0 Å². The van der Waals surface area contributed by atoms with Crippen LogP contribution >= 0.6 is 0 Å². The van der Waals surface area contributed by atoms with E-state index in [1.54, 1.807) is 7.11 Å². The normalized spacial score (nSPS) is 14.1. The largest absolute Gasteiger partial charge is 0.496 e. The average Bonchev–Trinajstić information content (AvgIpc) is 3.04. The summed E-state index contributed by atoms with van der Waals surface area (Å²) in [7, 11) is 3.57. The molecule has 1 fully saturated rings. The predicted molar refractivity (Wildman–Crippen MR) is 180 cm³/mol. The first-order valence-electron chi connectivity index (χ1n) is 15.6. The number of likely N-dealkylation sites (N-methyl/N-ethyl adjacent to an activating group) is 1. The van der Waals surface area contributed by atoms with Gasteiger partial charge >= 0.3 is 0 Å². The lowest BCUT2D eigenvalue weighted by Crippen LogP contribution is -2.45. The van der Waals surface area contributed by atoms with E-state index in [9.17, 15) is 9.59 Å². The SMILES string of the molecule is C#Cc1cccc(Nc2ncnc3cc(OC)c(CNC(=O)CCCCCCC)cc23)c1.CC=O.CN1CCCCC1C(N)=O. The summed E-state index contributed by atoms with van der Waals surface area (Å²) in [6.45, 7) is 5.02. The molecule has 2 aromatic carbocycles. The molecule has 4 N–H and O–H groups in total. The summed E-state index contributed by atoms with van der Waals surface area (Å²) < 4.78 is 5.55. The van der Waals surface area contributed by atoms with Gasteiger partial charge in [0.05, 0.1) is 18.7 Å². The lowest BCUT2D eigenvalue weighted by atomic mass is 10.0. The van der Waals surface area contributed by atoms with Crippen LogP contribution in [-0.2, 0) is 20.9 Å². The number of primary amides is 1. The second-order valence-electron chi connectivity index (χ2n) is 10.8. The van der Waals surface area contributed by atoms with Crippen molar-refractivity contribution in [3.05, 3.63) is 53.9 Å². The van der Waals surface area contributed by atoms with Gasteiger partial charge in [-0.05, 0) is 64.0 Å². The molecule has 0 bridgehead atoms. The third-order valence-electron chi connectivity index (χ3n) is 7.41. The monoisotopic (exact) mass is 616 g/mol. The molecule has 1 aliphatic heterocycles. The van der Waals surface area contributed by atoms with Crippen LogP contribution in [0.2, 0.25) is 0 Å². The molecule has 242 valence electrons. The Morgan fingerprint density at radius 1 is 1.16 bits per heavy atom. The Morgan fingerprint density at radius 2 is 1.91 bits per heavy atom. The minimum Gasteiger partial charge on any atom is -0.496 e. The summed E-state index contributed by atoms with van der Waals surface area (Å²) in [4.78, 5) is 42.6. The number of aldehydes is 1. The van der Waals surface area contributed by atoms with Gasteiger partial charge in [-0.25, -0.2) is 9.97 Å². The number of benzene rings is 2. The van der Waals surface area contributed by atoms with Gasteiger partial charge in [-0.15, -0.1) is 6.42 Å². The van der Waals surface area contributed by atoms with Crippen molar-refractivity contribution in [2.75, 3.05) is 26.0 Å². The molecule has 45 heavy (non-hydrogen) atoms. The molecule has 2 amide bonds. The smallest absolute Gasteiger partial charge is 0.234 e. The van der Waals surface area contributed by atoms with Crippen molar-refractivity contribution in [3.8, 4) is 18.1 Å². The third-order valence-corrected chi connectivity index (χ3v) is 7.41. The molecular formula is C35H48N6O4. The van der Waals surface area contributed by atoms with Gasteiger partial charge < -0.3 is 25.9 Å². The molecule has 1 saturated heterocycles. The fraction of sp³-hybridized carbons (Fsp3) is 0.457. The third kappa shape index (κ3) is 12.6. The number of hydrogen-bond acceptors (Lipinski definition) is 8. The number of ether oxygens (including phenoxy) is 1. The number of fused-ring (bicyclic) bond motifs is 1. The van der Waals surface area contributed by atoms with E-state index in [1.165, 1.54) is 38.9 Å². The molecule has 10 nitrogen and oxygen atoms in total. The number of nitrogens with two attached hydrogens (primary N) is 1. The number of carbonyl (C=O) groups is 3. The van der Waals surface area contributed by atoms with E-state index in [-0.39, 0.29) is 17.9 Å². The number of nitrogens with one attached hydrogen (secondary N) is 2. The fourth-order valence-electron chi connectivity index (χ4n) is 4.99. The van der Waals surface area contributed by atoms with Crippen LogP contribution < -0.4 is 21.1 Å². The minimum absolute atomic E-state index is 0.00579. The minimum atomic E-state index is -0.179. The lowest BCUT2D eigenvalue weighted by molar-refractivity contribution is -0.124. The molecule has 10 heteroatoms. The zero-order chi connectivity index (χ0) is 33.0. The van der Waals surface area contributed by atoms with E-state index < -0.39 is 0 Å². The molecule has 0 spiro atoms. The number of terminal acetylenes is 1. The number of unbranched alkanes of at least 4 members (excludes halogenated alkanes) is 4. The Balaban J connectivity index is 0.000000452. The number of hydrogen-bond donors (Lipinski definition) is 3. The van der Waals surface area contributed by atoms with Crippen LogP contribution in [0.4, 0.5) is 11.5 Å². The molecule has 2 heterocycles. The van der Waals surface area contributed by atoms with Gasteiger partial charge in [0.25, 0.3) is 0 Å². The van der Waals surface area contributed by atoms with Crippen molar-refractivity contribution in [2.45, 2.75) is 84.2 Å². The van der Waals surface area contributed by atoms with Crippen LogP contribution in [0.5, 0.6) is 5.75 Å². The van der Waals surface area contributed by atoms with E-state index in [2.05, 4.69) is 33.4 Å². The molecule has 1 aromatic heterocycles. The van der Waals surface area contributed by atoms with Crippen molar-refractivity contribution < 1.29 is 19.1 Å². The van der Waals surface area contributed by atoms with Crippen molar-refractivity contribution in [2.24, 2.45) is 5.73 Å². The molecule has 0 saturated carbocycles. The van der Waals surface area contributed by atoms with E-state index in [0.717, 1.165) is 66.2 Å². The number of nitrogens with zero attached hydrogens (tertiary/aromatic N) is 3. The Labute approximate surface area is 267 Å². The van der Waals surface area contributed by atoms with E-state index in [4.69, 9.17) is 21.7 Å². The maximum Gasteiger partial charge on any atom is 0.234 e. The molecule has 1 aliphatic rings. The average molecular weight is 617 g/mol. The van der Waals surface area contributed by atoms with Crippen LogP contribution in [0.3, 0.4) is 0 Å². The summed E-state index contributed by atoms with van der Waals surface area (Å²) in [5.41, 5.74) is 8.42. The van der Waals surface area contributed by atoms with Crippen molar-refractivity contribution >= 4 is 40.5 Å². The number of amides is 2. The number of piperidine rings is 1. The molecule has 4 rings (SSSR count). The van der Waals surface area contributed by atoms with Gasteiger partial charge in [0, 0.05) is 41.2 Å². The first kappa shape index (κ1) is 36.7. The first-order chi connectivity index (χ1) is 21.8. The fourth-order valence-corrected chi connectivity index (χ4v) is 4.99. The maximum atomic E-state index is 12.3. The standard InChI is InChI=1S/C26H30N4O2.C7H14N2O.C2H4O/c1-4-6-7-8-9-13-25(31)27-17-20-15-22-23(16-24(20)32-3)28-18-29-26(22)30-21-12-10-11-19(5-2)14-21;1-9-5-3-2-4-6(9)7(8)10;1-2-3/h2,10-12,14-16,18H,4,6-9,13,17H2,1,3H3,(H,27,31)(H,28,29,30);6H,2-5H2,1H3,(H2,8,10);2H,1H3. The van der Waals surface area contributed by atoms with Crippen molar-refractivity contribution in [1.29, 1.82) is 0 Å². The second-order valence-corrected chi connectivity index (χ2v) is 10.8. The van der Waals surface area contributed by atoms with Crippen LogP contribution in [-0.4, -0.2) is 59.7 Å². The van der Waals surface area contributed by atoms with Gasteiger partial charge in [-0.2, -0.15) is 0 Å². The molecule has 0 aliphatic carbocycles. The first-order valence-corrected chi connectivity index (χ1v) is 15.6. The van der Waals surface area contributed by atoms with Crippen LogP contribution in [0, 0.1) is 12.3 Å². The Morgan fingerprint density at radius 3 is 2.56 bits per heavy atom. The Hall–Kier alpha value is -4.49. The van der Waals surface area contributed by atoms with Crippen LogP contribution in [0.25, 0.3) is 10.9 Å². The lowest BCUT2D eigenvalue weighted by Gasteiger charge is -2.29. The highest BCUT2D eigenvalue weighted by atomic mass is 16.5.